The predicted octanol–water partition coefficient (Wildman–Crippen LogP) is 6.87. The lowest BCUT2D eigenvalue weighted by atomic mass is 10.0. The molecule has 0 saturated carbocycles. The van der Waals surface area contributed by atoms with E-state index in [1.807, 2.05) is 73.7 Å². The standard InChI is InChI=1S/C35H33N3O5/c1-23-30-20-27(26-8-3-2-4-9-26)10-12-31(30)43-34(23)35(41)37-28-11-13-32(36-21-28)38-16-14-29(15-17-38)42-22-25-7-5-6-24(18-25)19-33(39)40/h2-13,18,20-21,29H,14-17,19,22H2,1H3,(H,37,41)(H,39,40). The van der Waals surface area contributed by atoms with Crippen LogP contribution in [0.5, 0.6) is 0 Å². The second-order valence-corrected chi connectivity index (χ2v) is 10.9. The number of furan rings is 1. The number of aliphatic carboxylic acids is 1. The molecule has 1 saturated heterocycles. The van der Waals surface area contributed by atoms with Crippen LogP contribution in [0.1, 0.15) is 40.1 Å². The number of carboxylic acid groups (broad SMARTS) is 1. The molecule has 3 aromatic carbocycles. The number of anilines is 2. The highest BCUT2D eigenvalue weighted by Gasteiger charge is 2.22. The number of ether oxygens (including phenoxy) is 1. The average Bonchev–Trinajstić information content (AvgIpc) is 3.36. The van der Waals surface area contributed by atoms with Crippen LogP contribution in [0.25, 0.3) is 22.1 Å². The lowest BCUT2D eigenvalue weighted by Crippen LogP contribution is -2.37. The van der Waals surface area contributed by atoms with E-state index >= 15 is 0 Å². The summed E-state index contributed by atoms with van der Waals surface area (Å²) < 4.78 is 12.1. The van der Waals surface area contributed by atoms with Crippen molar-refractivity contribution >= 4 is 34.4 Å². The van der Waals surface area contributed by atoms with Gasteiger partial charge in [0, 0.05) is 24.0 Å². The van der Waals surface area contributed by atoms with Crippen molar-refractivity contribution in [1.82, 2.24) is 4.98 Å². The summed E-state index contributed by atoms with van der Waals surface area (Å²) in [6.07, 6.45) is 3.55. The Bertz CT molecular complexity index is 1740. The first-order valence-electron chi connectivity index (χ1n) is 14.4. The molecule has 218 valence electrons. The van der Waals surface area contributed by atoms with E-state index in [0.717, 1.165) is 65.0 Å². The highest BCUT2D eigenvalue weighted by atomic mass is 16.5. The molecule has 0 spiro atoms. The number of pyridine rings is 1. The zero-order valence-corrected chi connectivity index (χ0v) is 24.0. The van der Waals surface area contributed by atoms with E-state index < -0.39 is 5.97 Å². The molecule has 0 atom stereocenters. The number of carbonyl (C=O) groups excluding carboxylic acids is 1. The number of benzene rings is 3. The van der Waals surface area contributed by atoms with Crippen LogP contribution in [0, 0.1) is 6.92 Å². The number of fused-ring (bicyclic) bond motifs is 1. The third kappa shape index (κ3) is 6.60. The molecule has 8 heteroatoms. The smallest absolute Gasteiger partial charge is 0.307 e. The molecule has 0 radical (unpaired) electrons. The number of piperidine rings is 1. The van der Waals surface area contributed by atoms with E-state index in [1.165, 1.54) is 0 Å². The van der Waals surface area contributed by atoms with Crippen molar-refractivity contribution in [2.75, 3.05) is 23.3 Å². The molecule has 3 heterocycles. The summed E-state index contributed by atoms with van der Waals surface area (Å²) in [4.78, 5) is 30.9. The van der Waals surface area contributed by atoms with Crippen molar-refractivity contribution in [3.05, 3.63) is 114 Å². The summed E-state index contributed by atoms with van der Waals surface area (Å²) in [7, 11) is 0. The zero-order chi connectivity index (χ0) is 29.8. The number of amides is 1. The fourth-order valence-corrected chi connectivity index (χ4v) is 5.55. The van der Waals surface area contributed by atoms with Gasteiger partial charge in [0.1, 0.15) is 11.4 Å². The van der Waals surface area contributed by atoms with Gasteiger partial charge in [0.25, 0.3) is 5.91 Å². The Labute approximate surface area is 249 Å². The summed E-state index contributed by atoms with van der Waals surface area (Å²) in [5, 5.41) is 12.9. The normalized spacial score (nSPS) is 13.7. The van der Waals surface area contributed by atoms with E-state index in [9.17, 15) is 9.59 Å². The number of nitrogens with zero attached hydrogens (tertiary/aromatic N) is 2. The van der Waals surface area contributed by atoms with Crippen molar-refractivity contribution in [2.24, 2.45) is 0 Å². The lowest BCUT2D eigenvalue weighted by Gasteiger charge is -2.32. The number of hydrogen-bond acceptors (Lipinski definition) is 6. The number of hydrogen-bond donors (Lipinski definition) is 2. The van der Waals surface area contributed by atoms with Gasteiger partial charge < -0.3 is 24.5 Å². The SMILES string of the molecule is Cc1c(C(=O)Nc2ccc(N3CCC(OCc4cccc(CC(=O)O)c4)CC3)nc2)oc2ccc(-c3ccccc3)cc12. The zero-order valence-electron chi connectivity index (χ0n) is 24.0. The molecule has 2 aromatic heterocycles. The van der Waals surface area contributed by atoms with Crippen molar-refractivity contribution in [1.29, 1.82) is 0 Å². The first-order chi connectivity index (χ1) is 20.9. The van der Waals surface area contributed by atoms with Crippen LogP contribution in [0.4, 0.5) is 11.5 Å². The van der Waals surface area contributed by atoms with Crippen molar-refractivity contribution in [3.8, 4) is 11.1 Å². The van der Waals surface area contributed by atoms with E-state index in [-0.39, 0.29) is 18.4 Å². The largest absolute Gasteiger partial charge is 0.481 e. The lowest BCUT2D eigenvalue weighted by molar-refractivity contribution is -0.136. The molecular weight excluding hydrogens is 542 g/mol. The summed E-state index contributed by atoms with van der Waals surface area (Å²) in [6.45, 7) is 3.99. The second-order valence-electron chi connectivity index (χ2n) is 10.9. The first kappa shape index (κ1) is 28.2. The second kappa shape index (κ2) is 12.5. The highest BCUT2D eigenvalue weighted by molar-refractivity contribution is 6.06. The molecule has 2 N–H and O–H groups in total. The Hall–Kier alpha value is -4.95. The molecule has 6 rings (SSSR count). The molecule has 1 amide bonds. The van der Waals surface area contributed by atoms with Crippen LogP contribution in [0.2, 0.25) is 0 Å². The molecule has 1 fully saturated rings. The Kier molecular flexibility index (Phi) is 8.20. The van der Waals surface area contributed by atoms with Crippen molar-refractivity contribution in [2.45, 2.75) is 38.9 Å². The van der Waals surface area contributed by atoms with E-state index in [2.05, 4.69) is 33.4 Å². The third-order valence-electron chi connectivity index (χ3n) is 7.85. The van der Waals surface area contributed by atoms with Gasteiger partial charge in [0.05, 0.1) is 31.0 Å². The van der Waals surface area contributed by atoms with E-state index in [4.69, 9.17) is 14.3 Å². The monoisotopic (exact) mass is 575 g/mol. The summed E-state index contributed by atoms with van der Waals surface area (Å²) in [5.41, 5.74) is 6.01. The van der Waals surface area contributed by atoms with Crippen LogP contribution in [-0.4, -0.2) is 41.2 Å². The quantitative estimate of drug-likeness (QED) is 0.198. The fraction of sp³-hybridized carbons (Fsp3) is 0.229. The first-order valence-corrected chi connectivity index (χ1v) is 14.4. The average molecular weight is 576 g/mol. The predicted molar refractivity (Wildman–Crippen MR) is 166 cm³/mol. The van der Waals surface area contributed by atoms with Gasteiger partial charge in [0.15, 0.2) is 5.76 Å². The summed E-state index contributed by atoms with van der Waals surface area (Å²) >= 11 is 0. The molecule has 0 bridgehead atoms. The molecular formula is C35H33N3O5. The number of aryl methyl sites for hydroxylation is 1. The van der Waals surface area contributed by atoms with Gasteiger partial charge in [-0.1, -0.05) is 60.7 Å². The van der Waals surface area contributed by atoms with Crippen LogP contribution in [0.3, 0.4) is 0 Å². The number of carbonyl (C=O) groups is 2. The van der Waals surface area contributed by atoms with Gasteiger partial charge in [-0.25, -0.2) is 4.98 Å². The molecule has 1 aliphatic rings. The molecule has 5 aromatic rings. The minimum Gasteiger partial charge on any atom is -0.481 e. The van der Waals surface area contributed by atoms with Crippen LogP contribution >= 0.6 is 0 Å². The van der Waals surface area contributed by atoms with Crippen molar-refractivity contribution in [3.63, 3.8) is 0 Å². The summed E-state index contributed by atoms with van der Waals surface area (Å²) in [5.74, 6) is -0.00398. The fourth-order valence-electron chi connectivity index (χ4n) is 5.55. The van der Waals surface area contributed by atoms with Gasteiger partial charge in [-0.3, -0.25) is 9.59 Å². The van der Waals surface area contributed by atoms with Gasteiger partial charge in [-0.05, 0) is 66.3 Å². The minimum atomic E-state index is -0.839. The Morgan fingerprint density at radius 2 is 1.74 bits per heavy atom. The van der Waals surface area contributed by atoms with Gasteiger partial charge in [-0.15, -0.1) is 0 Å². The number of rotatable bonds is 9. The maximum Gasteiger partial charge on any atom is 0.307 e. The molecule has 0 aliphatic carbocycles. The Balaban J connectivity index is 1.03. The Morgan fingerprint density at radius 1 is 0.953 bits per heavy atom. The van der Waals surface area contributed by atoms with Crippen LogP contribution in [-0.2, 0) is 22.6 Å². The molecule has 8 nitrogen and oxygen atoms in total. The maximum atomic E-state index is 13.1. The van der Waals surface area contributed by atoms with Gasteiger partial charge in [-0.2, -0.15) is 0 Å². The maximum absolute atomic E-state index is 13.1. The Morgan fingerprint density at radius 3 is 2.49 bits per heavy atom. The third-order valence-corrected chi connectivity index (χ3v) is 7.85. The van der Waals surface area contributed by atoms with Crippen LogP contribution < -0.4 is 10.2 Å². The van der Waals surface area contributed by atoms with Gasteiger partial charge in [0.2, 0.25) is 0 Å². The highest BCUT2D eigenvalue weighted by Crippen LogP contribution is 2.31. The van der Waals surface area contributed by atoms with E-state index in [0.29, 0.717) is 23.6 Å². The van der Waals surface area contributed by atoms with E-state index in [1.54, 1.807) is 6.20 Å². The summed E-state index contributed by atoms with van der Waals surface area (Å²) in [6, 6.07) is 27.4. The minimum absolute atomic E-state index is 0.0111. The number of carboxylic acids is 1. The van der Waals surface area contributed by atoms with Gasteiger partial charge >= 0.3 is 5.97 Å². The van der Waals surface area contributed by atoms with Crippen LogP contribution in [0.15, 0.2) is 95.5 Å². The number of aromatic nitrogens is 1. The molecule has 1 aliphatic heterocycles. The molecule has 43 heavy (non-hydrogen) atoms. The van der Waals surface area contributed by atoms with Crippen molar-refractivity contribution < 1.29 is 23.8 Å². The molecule has 0 unspecified atom stereocenters. The number of nitrogens with one attached hydrogen (secondary N) is 1. The topological polar surface area (TPSA) is 105 Å².